The number of oxazole rings is 1. The van der Waals surface area contributed by atoms with Crippen molar-refractivity contribution in [2.75, 3.05) is 0 Å². The summed E-state index contributed by atoms with van der Waals surface area (Å²) in [6.45, 7) is 0. The maximum atomic E-state index is 5.50. The largest absolute Gasteiger partial charge is 0.443 e. The van der Waals surface area contributed by atoms with Crippen LogP contribution in [0.2, 0.25) is 0 Å². The van der Waals surface area contributed by atoms with Crippen LogP contribution in [0.1, 0.15) is 16.7 Å². The highest BCUT2D eigenvalue weighted by Crippen LogP contribution is 2.32. The normalized spacial score (nSPS) is 11.8. The average Bonchev–Trinajstić information content (AvgIpc) is 3.45. The van der Waals surface area contributed by atoms with Crippen LogP contribution >= 0.6 is 0 Å². The Hall–Kier alpha value is -3.99. The van der Waals surface area contributed by atoms with Crippen molar-refractivity contribution in [3.05, 3.63) is 102 Å². The lowest BCUT2D eigenvalue weighted by atomic mass is 9.94. The predicted octanol–water partition coefficient (Wildman–Crippen LogP) is 5.47. The lowest BCUT2D eigenvalue weighted by Crippen LogP contribution is -1.91. The molecule has 0 aliphatic heterocycles. The summed E-state index contributed by atoms with van der Waals surface area (Å²) in [5.41, 5.74) is 7.53. The van der Waals surface area contributed by atoms with E-state index >= 15 is 0 Å². The first-order valence-corrected chi connectivity index (χ1v) is 8.86. The SMILES string of the molecule is C(=C(c1ccc(-c2conn2)cc1)c1cccc2ocnc12)c1ccccc1. The third-order valence-corrected chi connectivity index (χ3v) is 4.61. The summed E-state index contributed by atoms with van der Waals surface area (Å²) >= 11 is 0. The molecule has 5 rings (SSSR count). The summed E-state index contributed by atoms with van der Waals surface area (Å²) in [5.74, 6) is 0. The highest BCUT2D eigenvalue weighted by Gasteiger charge is 2.13. The fraction of sp³-hybridized carbons (Fsp3) is 0. The molecule has 5 aromatic rings. The summed E-state index contributed by atoms with van der Waals surface area (Å²) in [6, 6.07) is 24.4. The van der Waals surface area contributed by atoms with Gasteiger partial charge in [-0.15, -0.1) is 5.10 Å². The van der Waals surface area contributed by atoms with Gasteiger partial charge >= 0.3 is 0 Å². The molecule has 0 saturated carbocycles. The van der Waals surface area contributed by atoms with Crippen molar-refractivity contribution in [2.24, 2.45) is 0 Å². The second-order valence-corrected chi connectivity index (χ2v) is 6.34. The first-order valence-electron chi connectivity index (χ1n) is 8.86. The fourth-order valence-electron chi connectivity index (χ4n) is 3.25. The highest BCUT2D eigenvalue weighted by atomic mass is 16.5. The zero-order chi connectivity index (χ0) is 18.8. The Bertz CT molecular complexity index is 1240. The van der Waals surface area contributed by atoms with E-state index in [0.29, 0.717) is 5.69 Å². The molecule has 2 aromatic heterocycles. The average molecular weight is 365 g/mol. The van der Waals surface area contributed by atoms with Gasteiger partial charge in [-0.1, -0.05) is 66.7 Å². The van der Waals surface area contributed by atoms with E-state index in [9.17, 15) is 0 Å². The van der Waals surface area contributed by atoms with Crippen molar-refractivity contribution < 1.29 is 8.94 Å². The first kappa shape index (κ1) is 16.2. The van der Waals surface area contributed by atoms with E-state index in [1.54, 1.807) is 0 Å². The minimum absolute atomic E-state index is 0.707. The van der Waals surface area contributed by atoms with Gasteiger partial charge in [-0.25, -0.2) is 4.98 Å². The summed E-state index contributed by atoms with van der Waals surface area (Å²) in [6.07, 6.45) is 5.18. The standard InChI is InChI=1S/C23H15N3O2/c1-2-5-16(6-3-1)13-20(19-7-4-8-22-23(19)24-15-27-22)17-9-11-18(12-10-17)21-14-28-26-25-21/h1-15H. The Morgan fingerprint density at radius 2 is 1.71 bits per heavy atom. The van der Waals surface area contributed by atoms with Crippen molar-refractivity contribution in [1.29, 1.82) is 0 Å². The molecule has 5 heteroatoms. The van der Waals surface area contributed by atoms with Crippen molar-refractivity contribution in [3.63, 3.8) is 0 Å². The topological polar surface area (TPSA) is 65.0 Å². The molecule has 0 aliphatic carbocycles. The molecule has 0 saturated heterocycles. The van der Waals surface area contributed by atoms with Crippen LogP contribution in [0.15, 0.2) is 94.4 Å². The van der Waals surface area contributed by atoms with E-state index in [0.717, 1.165) is 38.9 Å². The number of benzene rings is 3. The molecule has 28 heavy (non-hydrogen) atoms. The van der Waals surface area contributed by atoms with Crippen LogP contribution in [-0.4, -0.2) is 15.4 Å². The van der Waals surface area contributed by atoms with Gasteiger partial charge < -0.3 is 8.94 Å². The summed E-state index contributed by atoms with van der Waals surface area (Å²) in [7, 11) is 0. The molecule has 2 heterocycles. The van der Waals surface area contributed by atoms with Crippen LogP contribution in [0.25, 0.3) is 34.0 Å². The molecule has 134 valence electrons. The third-order valence-electron chi connectivity index (χ3n) is 4.61. The summed E-state index contributed by atoms with van der Waals surface area (Å²) in [4.78, 5) is 4.43. The van der Waals surface area contributed by atoms with Gasteiger partial charge in [0, 0.05) is 16.4 Å². The van der Waals surface area contributed by atoms with Gasteiger partial charge in [0.1, 0.15) is 11.2 Å². The minimum Gasteiger partial charge on any atom is -0.443 e. The van der Waals surface area contributed by atoms with Gasteiger partial charge in [-0.3, -0.25) is 0 Å². The van der Waals surface area contributed by atoms with Crippen molar-refractivity contribution in [1.82, 2.24) is 15.4 Å². The number of fused-ring (bicyclic) bond motifs is 1. The van der Waals surface area contributed by atoms with Crippen LogP contribution in [0.4, 0.5) is 0 Å². The molecule has 0 bridgehead atoms. The maximum absolute atomic E-state index is 5.50. The van der Waals surface area contributed by atoms with Crippen molar-refractivity contribution >= 4 is 22.7 Å². The smallest absolute Gasteiger partial charge is 0.182 e. The maximum Gasteiger partial charge on any atom is 0.182 e. The minimum atomic E-state index is 0.707. The van der Waals surface area contributed by atoms with Crippen molar-refractivity contribution in [2.45, 2.75) is 0 Å². The molecule has 0 atom stereocenters. The van der Waals surface area contributed by atoms with Gasteiger partial charge in [0.05, 0.1) is 0 Å². The van der Waals surface area contributed by atoms with E-state index in [1.807, 2.05) is 42.5 Å². The Morgan fingerprint density at radius 3 is 2.50 bits per heavy atom. The van der Waals surface area contributed by atoms with Crippen molar-refractivity contribution in [3.8, 4) is 11.3 Å². The molecule has 0 unspecified atom stereocenters. The molecule has 0 spiro atoms. The Morgan fingerprint density at radius 1 is 0.857 bits per heavy atom. The lowest BCUT2D eigenvalue weighted by Gasteiger charge is -2.10. The van der Waals surface area contributed by atoms with Gasteiger partial charge in [-0.05, 0) is 28.8 Å². The quantitative estimate of drug-likeness (QED) is 0.395. The van der Waals surface area contributed by atoms with Crippen LogP contribution in [0.3, 0.4) is 0 Å². The highest BCUT2D eigenvalue weighted by molar-refractivity contribution is 5.99. The third kappa shape index (κ3) is 2.99. The Kier molecular flexibility index (Phi) is 4.03. The number of hydrogen-bond acceptors (Lipinski definition) is 5. The molecule has 0 fully saturated rings. The molecule has 5 nitrogen and oxygen atoms in total. The molecule has 0 amide bonds. The predicted molar refractivity (Wildman–Crippen MR) is 107 cm³/mol. The molecule has 0 aliphatic rings. The monoisotopic (exact) mass is 365 g/mol. The number of aromatic nitrogens is 3. The molecule has 0 N–H and O–H groups in total. The van der Waals surface area contributed by atoms with E-state index < -0.39 is 0 Å². The Balaban J connectivity index is 1.66. The number of nitrogens with zero attached hydrogens (tertiary/aromatic N) is 3. The molecule has 0 radical (unpaired) electrons. The second kappa shape index (κ2) is 6.96. The van der Waals surface area contributed by atoms with Gasteiger partial charge in [-0.2, -0.15) is 0 Å². The van der Waals surface area contributed by atoms with E-state index in [2.05, 4.69) is 51.8 Å². The van der Waals surface area contributed by atoms with Gasteiger partial charge in [0.2, 0.25) is 0 Å². The van der Waals surface area contributed by atoms with E-state index in [-0.39, 0.29) is 0 Å². The molecular formula is C23H15N3O2. The first-order chi connectivity index (χ1) is 13.9. The molecular weight excluding hydrogens is 350 g/mol. The number of rotatable bonds is 4. The van der Waals surface area contributed by atoms with Gasteiger partial charge in [0.15, 0.2) is 18.2 Å². The van der Waals surface area contributed by atoms with Crippen LogP contribution < -0.4 is 0 Å². The fourth-order valence-corrected chi connectivity index (χ4v) is 3.25. The number of hydrogen-bond donors (Lipinski definition) is 0. The number of para-hydroxylation sites is 1. The van der Waals surface area contributed by atoms with Crippen LogP contribution in [-0.2, 0) is 0 Å². The van der Waals surface area contributed by atoms with Crippen LogP contribution in [0, 0.1) is 0 Å². The zero-order valence-electron chi connectivity index (χ0n) is 14.8. The zero-order valence-corrected chi connectivity index (χ0v) is 14.8. The van der Waals surface area contributed by atoms with Crippen LogP contribution in [0.5, 0.6) is 0 Å². The van der Waals surface area contributed by atoms with E-state index in [4.69, 9.17) is 8.94 Å². The molecule has 3 aromatic carbocycles. The summed E-state index contributed by atoms with van der Waals surface area (Å²) in [5, 5.41) is 7.50. The summed E-state index contributed by atoms with van der Waals surface area (Å²) < 4.78 is 10.3. The second-order valence-electron chi connectivity index (χ2n) is 6.34. The lowest BCUT2D eigenvalue weighted by molar-refractivity contribution is 0.393. The Labute approximate surface area is 160 Å². The van der Waals surface area contributed by atoms with Gasteiger partial charge in [0.25, 0.3) is 0 Å². The van der Waals surface area contributed by atoms with E-state index in [1.165, 1.54) is 12.7 Å².